The lowest BCUT2D eigenvalue weighted by molar-refractivity contribution is -0.123. The maximum Gasteiger partial charge on any atom is 0.293 e. The lowest BCUT2D eigenvalue weighted by Gasteiger charge is -2.13. The van der Waals surface area contributed by atoms with Crippen LogP contribution in [0.1, 0.15) is 11.1 Å². The smallest absolute Gasteiger partial charge is 0.268 e. The van der Waals surface area contributed by atoms with E-state index in [9.17, 15) is 9.59 Å². The number of benzene rings is 3. The first kappa shape index (κ1) is 18.7. The van der Waals surface area contributed by atoms with Crippen molar-refractivity contribution in [3.8, 4) is 0 Å². The van der Waals surface area contributed by atoms with Gasteiger partial charge in [0.25, 0.3) is 11.1 Å². The second-order valence-electron chi connectivity index (χ2n) is 6.38. The first-order valence-electron chi connectivity index (χ1n) is 8.75. The summed E-state index contributed by atoms with van der Waals surface area (Å²) in [6, 6.07) is 21.9. The van der Waals surface area contributed by atoms with Gasteiger partial charge in [0, 0.05) is 4.47 Å². The minimum Gasteiger partial charge on any atom is -0.268 e. The second kappa shape index (κ2) is 8.17. The van der Waals surface area contributed by atoms with Crippen molar-refractivity contribution in [2.75, 3.05) is 0 Å². The zero-order valence-electron chi connectivity index (χ0n) is 14.8. The van der Waals surface area contributed by atoms with Crippen molar-refractivity contribution in [1.29, 1.82) is 0 Å². The van der Waals surface area contributed by atoms with E-state index in [1.165, 1.54) is 4.90 Å². The van der Waals surface area contributed by atoms with E-state index in [2.05, 4.69) is 15.9 Å². The summed E-state index contributed by atoms with van der Waals surface area (Å²) in [6.07, 6.45) is 5.41. The Balaban J connectivity index is 1.49. The van der Waals surface area contributed by atoms with E-state index in [1.54, 1.807) is 12.2 Å². The van der Waals surface area contributed by atoms with E-state index >= 15 is 0 Å². The minimum atomic E-state index is -0.247. The summed E-state index contributed by atoms with van der Waals surface area (Å²) in [5, 5.41) is 2.00. The zero-order valence-corrected chi connectivity index (χ0v) is 17.2. The van der Waals surface area contributed by atoms with Crippen LogP contribution in [0.2, 0.25) is 0 Å². The molecule has 1 aliphatic rings. The van der Waals surface area contributed by atoms with Crippen LogP contribution in [0.15, 0.2) is 88.3 Å². The number of fused-ring (bicyclic) bond motifs is 1. The maximum atomic E-state index is 12.6. The molecule has 3 aromatic carbocycles. The Kier molecular flexibility index (Phi) is 5.46. The number of imide groups is 1. The third kappa shape index (κ3) is 4.11. The monoisotopic (exact) mass is 449 g/mol. The Hall–Kier alpha value is -2.63. The standard InChI is InChI=1S/C23H16BrNO2S/c24-20-12-9-16(10-13-20)4-3-7-21-22(26)25(23(27)28-21)15-17-8-11-18-5-1-2-6-19(18)14-17/h1-14H,15H2/b4-3+,21-7-. The van der Waals surface area contributed by atoms with Crippen LogP contribution >= 0.6 is 27.7 Å². The number of halogens is 1. The van der Waals surface area contributed by atoms with Gasteiger partial charge >= 0.3 is 0 Å². The summed E-state index contributed by atoms with van der Waals surface area (Å²) in [6.45, 7) is 0.281. The molecule has 5 heteroatoms. The largest absolute Gasteiger partial charge is 0.293 e. The number of thioether (sulfide) groups is 1. The second-order valence-corrected chi connectivity index (χ2v) is 8.29. The Morgan fingerprint density at radius 1 is 0.929 bits per heavy atom. The van der Waals surface area contributed by atoms with Gasteiger partial charge < -0.3 is 0 Å². The average molecular weight is 450 g/mol. The van der Waals surface area contributed by atoms with Crippen LogP contribution < -0.4 is 0 Å². The molecule has 1 aliphatic heterocycles. The summed E-state index contributed by atoms with van der Waals surface area (Å²) in [5.74, 6) is -0.247. The predicted octanol–water partition coefficient (Wildman–Crippen LogP) is 6.40. The number of carbonyl (C=O) groups is 2. The summed E-state index contributed by atoms with van der Waals surface area (Å²) in [4.78, 5) is 26.7. The van der Waals surface area contributed by atoms with Crippen LogP contribution in [0, 0.1) is 0 Å². The molecule has 0 saturated carbocycles. The fraction of sp³-hybridized carbons (Fsp3) is 0.0435. The first-order valence-corrected chi connectivity index (χ1v) is 10.4. The fourth-order valence-corrected chi connectivity index (χ4v) is 4.04. The van der Waals surface area contributed by atoms with E-state index in [0.29, 0.717) is 4.91 Å². The van der Waals surface area contributed by atoms with Gasteiger partial charge in [0.05, 0.1) is 11.4 Å². The highest BCUT2D eigenvalue weighted by Crippen LogP contribution is 2.32. The van der Waals surface area contributed by atoms with Gasteiger partial charge in [-0.3, -0.25) is 14.5 Å². The van der Waals surface area contributed by atoms with Crippen molar-refractivity contribution in [2.24, 2.45) is 0 Å². The van der Waals surface area contributed by atoms with Gasteiger partial charge in [-0.2, -0.15) is 0 Å². The lowest BCUT2D eigenvalue weighted by atomic mass is 10.1. The molecule has 1 saturated heterocycles. The van der Waals surface area contributed by atoms with E-state index in [0.717, 1.165) is 38.1 Å². The van der Waals surface area contributed by atoms with Crippen molar-refractivity contribution >= 4 is 55.7 Å². The molecule has 0 aliphatic carbocycles. The molecule has 0 unspecified atom stereocenters. The highest BCUT2D eigenvalue weighted by molar-refractivity contribution is 9.10. The number of hydrogen-bond acceptors (Lipinski definition) is 3. The molecule has 3 nitrogen and oxygen atoms in total. The molecule has 3 aromatic rings. The molecular weight excluding hydrogens is 434 g/mol. The summed E-state index contributed by atoms with van der Waals surface area (Å²) in [7, 11) is 0. The number of allylic oxidation sites excluding steroid dienone is 2. The molecule has 2 amide bonds. The van der Waals surface area contributed by atoms with Gasteiger partial charge in [0.2, 0.25) is 0 Å². The Bertz CT molecular complexity index is 1120. The molecule has 1 heterocycles. The highest BCUT2D eigenvalue weighted by Gasteiger charge is 2.34. The van der Waals surface area contributed by atoms with Crippen molar-refractivity contribution in [1.82, 2.24) is 4.90 Å². The van der Waals surface area contributed by atoms with Gasteiger partial charge in [-0.15, -0.1) is 0 Å². The Morgan fingerprint density at radius 2 is 1.68 bits per heavy atom. The highest BCUT2D eigenvalue weighted by atomic mass is 79.9. The van der Waals surface area contributed by atoms with E-state index < -0.39 is 0 Å². The fourth-order valence-electron chi connectivity index (χ4n) is 2.99. The molecule has 0 atom stereocenters. The van der Waals surface area contributed by atoms with Crippen LogP contribution in [0.25, 0.3) is 16.8 Å². The van der Waals surface area contributed by atoms with Crippen molar-refractivity contribution < 1.29 is 9.59 Å². The summed E-state index contributed by atoms with van der Waals surface area (Å²) < 4.78 is 1.01. The Labute approximate surface area is 175 Å². The minimum absolute atomic E-state index is 0.235. The van der Waals surface area contributed by atoms with Crippen molar-refractivity contribution in [3.63, 3.8) is 0 Å². The molecule has 1 fully saturated rings. The van der Waals surface area contributed by atoms with Crippen LogP contribution in [-0.4, -0.2) is 16.0 Å². The van der Waals surface area contributed by atoms with Crippen LogP contribution in [0.3, 0.4) is 0 Å². The molecule has 138 valence electrons. The number of nitrogens with zero attached hydrogens (tertiary/aromatic N) is 1. The molecule has 0 spiro atoms. The van der Waals surface area contributed by atoms with Crippen LogP contribution in [-0.2, 0) is 11.3 Å². The number of rotatable bonds is 4. The number of hydrogen-bond donors (Lipinski definition) is 0. The summed E-state index contributed by atoms with van der Waals surface area (Å²) in [5.41, 5.74) is 1.96. The third-order valence-corrected chi connectivity index (χ3v) is 5.89. The van der Waals surface area contributed by atoms with Crippen LogP contribution in [0.4, 0.5) is 4.79 Å². The third-order valence-electron chi connectivity index (χ3n) is 4.43. The molecule has 28 heavy (non-hydrogen) atoms. The zero-order chi connectivity index (χ0) is 19.5. The van der Waals surface area contributed by atoms with E-state index in [-0.39, 0.29) is 17.7 Å². The topological polar surface area (TPSA) is 37.4 Å². The van der Waals surface area contributed by atoms with Gasteiger partial charge in [0.15, 0.2) is 0 Å². The Morgan fingerprint density at radius 3 is 2.46 bits per heavy atom. The first-order chi connectivity index (χ1) is 13.6. The normalized spacial score (nSPS) is 16.0. The van der Waals surface area contributed by atoms with Crippen molar-refractivity contribution in [2.45, 2.75) is 6.54 Å². The lowest BCUT2D eigenvalue weighted by Crippen LogP contribution is -2.27. The van der Waals surface area contributed by atoms with Gasteiger partial charge in [-0.1, -0.05) is 76.6 Å². The molecule has 0 bridgehead atoms. The molecule has 4 rings (SSSR count). The predicted molar refractivity (Wildman–Crippen MR) is 119 cm³/mol. The summed E-state index contributed by atoms with van der Waals surface area (Å²) >= 11 is 4.38. The molecule has 0 radical (unpaired) electrons. The van der Waals surface area contributed by atoms with Crippen molar-refractivity contribution in [3.05, 3.63) is 99.4 Å². The number of amides is 2. The van der Waals surface area contributed by atoms with Gasteiger partial charge in [-0.25, -0.2) is 0 Å². The van der Waals surface area contributed by atoms with Gasteiger partial charge in [0.1, 0.15) is 0 Å². The quantitative estimate of drug-likeness (QED) is 0.432. The SMILES string of the molecule is O=C1S/C(=C\C=C\c2ccc(Br)cc2)C(=O)N1Cc1ccc2ccccc2c1. The van der Waals surface area contributed by atoms with Gasteiger partial charge in [-0.05, 0) is 57.9 Å². The van der Waals surface area contributed by atoms with Crippen LogP contribution in [0.5, 0.6) is 0 Å². The molecule has 0 aromatic heterocycles. The number of carbonyl (C=O) groups excluding carboxylic acids is 2. The van der Waals surface area contributed by atoms with E-state index in [1.807, 2.05) is 72.8 Å². The molecular formula is C23H16BrNO2S. The average Bonchev–Trinajstić information content (AvgIpc) is 2.97. The van der Waals surface area contributed by atoms with E-state index in [4.69, 9.17) is 0 Å². The molecule has 0 N–H and O–H groups in total. The maximum absolute atomic E-state index is 12.6.